The van der Waals surface area contributed by atoms with Gasteiger partial charge in [-0.25, -0.2) is 4.79 Å². The predicted molar refractivity (Wildman–Crippen MR) is 70.0 cm³/mol. The topological polar surface area (TPSA) is 67.2 Å². The highest BCUT2D eigenvalue weighted by atomic mass is 16.4. The summed E-state index contributed by atoms with van der Waals surface area (Å²) in [4.78, 5) is 11.3. The van der Waals surface area contributed by atoms with Crippen molar-refractivity contribution >= 4 is 11.8 Å². The molecular weight excluding hydrogens is 230 g/mol. The van der Waals surface area contributed by atoms with Crippen molar-refractivity contribution in [2.75, 3.05) is 5.32 Å². The summed E-state index contributed by atoms with van der Waals surface area (Å²) in [6.07, 6.45) is 7.24. The summed E-state index contributed by atoms with van der Waals surface area (Å²) in [7, 11) is 1.79. The Bertz CT molecular complexity index is 432. The largest absolute Gasteiger partial charge is 0.477 e. The van der Waals surface area contributed by atoms with Crippen LogP contribution in [0.2, 0.25) is 0 Å². The number of carboxylic acids is 1. The van der Waals surface area contributed by atoms with Gasteiger partial charge < -0.3 is 10.4 Å². The molecule has 18 heavy (non-hydrogen) atoms. The van der Waals surface area contributed by atoms with Crippen molar-refractivity contribution in [2.24, 2.45) is 7.05 Å². The summed E-state index contributed by atoms with van der Waals surface area (Å²) in [6.45, 7) is 1.74. The third-order valence-electron chi connectivity index (χ3n) is 3.63. The van der Waals surface area contributed by atoms with Crippen LogP contribution in [-0.4, -0.2) is 26.9 Å². The molecule has 1 aliphatic rings. The molecule has 0 radical (unpaired) electrons. The van der Waals surface area contributed by atoms with Gasteiger partial charge in [-0.1, -0.05) is 25.7 Å². The Morgan fingerprint density at radius 3 is 2.50 bits per heavy atom. The van der Waals surface area contributed by atoms with Gasteiger partial charge in [0.15, 0.2) is 0 Å². The monoisotopic (exact) mass is 251 g/mol. The van der Waals surface area contributed by atoms with Crippen molar-refractivity contribution in [3.05, 3.63) is 11.3 Å². The fourth-order valence-electron chi connectivity index (χ4n) is 2.70. The van der Waals surface area contributed by atoms with E-state index in [4.69, 9.17) is 0 Å². The van der Waals surface area contributed by atoms with Crippen LogP contribution in [0.1, 0.15) is 54.6 Å². The van der Waals surface area contributed by atoms with Crippen molar-refractivity contribution in [1.82, 2.24) is 9.78 Å². The van der Waals surface area contributed by atoms with Gasteiger partial charge in [-0.2, -0.15) is 5.10 Å². The quantitative estimate of drug-likeness (QED) is 0.810. The fraction of sp³-hybridized carbons (Fsp3) is 0.692. The molecule has 0 atom stereocenters. The number of carbonyl (C=O) groups is 1. The Hall–Kier alpha value is -1.52. The number of aryl methyl sites for hydroxylation is 2. The normalized spacial score (nSPS) is 17.4. The standard InChI is InChI=1S/C13H21N3O2/c1-9-11(13(17)18)12(16(2)15-9)14-10-7-5-3-4-6-8-10/h10,14H,3-8H2,1-2H3,(H,17,18). The summed E-state index contributed by atoms with van der Waals surface area (Å²) in [5.74, 6) is -0.261. The fourth-order valence-corrected chi connectivity index (χ4v) is 2.70. The molecule has 0 spiro atoms. The zero-order chi connectivity index (χ0) is 13.1. The van der Waals surface area contributed by atoms with Crippen molar-refractivity contribution in [3.8, 4) is 0 Å². The van der Waals surface area contributed by atoms with Crippen LogP contribution in [0.25, 0.3) is 0 Å². The lowest BCUT2D eigenvalue weighted by Crippen LogP contribution is -2.21. The van der Waals surface area contributed by atoms with Gasteiger partial charge in [0.2, 0.25) is 0 Å². The molecule has 1 saturated carbocycles. The second-order valence-corrected chi connectivity index (χ2v) is 5.07. The van der Waals surface area contributed by atoms with Crippen molar-refractivity contribution < 1.29 is 9.90 Å². The average Bonchev–Trinajstić information content (AvgIpc) is 2.51. The number of rotatable bonds is 3. The first-order valence-electron chi connectivity index (χ1n) is 6.63. The minimum Gasteiger partial charge on any atom is -0.477 e. The summed E-state index contributed by atoms with van der Waals surface area (Å²) in [5, 5.41) is 16.8. The molecule has 100 valence electrons. The highest BCUT2D eigenvalue weighted by Crippen LogP contribution is 2.24. The van der Waals surface area contributed by atoms with Gasteiger partial charge in [0.1, 0.15) is 11.4 Å². The number of hydrogen-bond donors (Lipinski definition) is 2. The van der Waals surface area contributed by atoms with Crippen LogP contribution in [-0.2, 0) is 7.05 Å². The lowest BCUT2D eigenvalue weighted by Gasteiger charge is -2.18. The Morgan fingerprint density at radius 1 is 1.33 bits per heavy atom. The van der Waals surface area contributed by atoms with Gasteiger partial charge in [-0.15, -0.1) is 0 Å². The molecule has 5 nitrogen and oxygen atoms in total. The summed E-state index contributed by atoms with van der Waals surface area (Å²) >= 11 is 0. The zero-order valence-electron chi connectivity index (χ0n) is 11.1. The first-order valence-corrected chi connectivity index (χ1v) is 6.63. The van der Waals surface area contributed by atoms with Crippen LogP contribution in [0.3, 0.4) is 0 Å². The van der Waals surface area contributed by atoms with E-state index in [1.807, 2.05) is 0 Å². The van der Waals surface area contributed by atoms with Crippen LogP contribution >= 0.6 is 0 Å². The van der Waals surface area contributed by atoms with Gasteiger partial charge >= 0.3 is 5.97 Å². The van der Waals surface area contributed by atoms with Gasteiger partial charge in [0.05, 0.1) is 5.69 Å². The number of nitrogens with one attached hydrogen (secondary N) is 1. The summed E-state index contributed by atoms with van der Waals surface area (Å²) < 4.78 is 1.64. The highest BCUT2D eigenvalue weighted by Gasteiger charge is 2.22. The van der Waals surface area contributed by atoms with Gasteiger partial charge in [0.25, 0.3) is 0 Å². The lowest BCUT2D eigenvalue weighted by molar-refractivity contribution is 0.0697. The Balaban J connectivity index is 2.19. The van der Waals surface area contributed by atoms with Crippen LogP contribution in [0.5, 0.6) is 0 Å². The van der Waals surface area contributed by atoms with Gasteiger partial charge in [0, 0.05) is 13.1 Å². The third kappa shape index (κ3) is 2.66. The number of aromatic carboxylic acids is 1. The molecule has 1 heterocycles. The third-order valence-corrected chi connectivity index (χ3v) is 3.63. The minimum absolute atomic E-state index is 0.307. The molecule has 1 aliphatic carbocycles. The van der Waals surface area contributed by atoms with Crippen LogP contribution in [0, 0.1) is 6.92 Å². The Morgan fingerprint density at radius 2 is 1.94 bits per heavy atom. The molecule has 0 bridgehead atoms. The summed E-state index contributed by atoms with van der Waals surface area (Å²) in [5.41, 5.74) is 0.878. The van der Waals surface area contributed by atoms with E-state index in [0.717, 1.165) is 12.8 Å². The molecule has 1 aromatic rings. The second-order valence-electron chi connectivity index (χ2n) is 5.07. The van der Waals surface area contributed by atoms with Gasteiger partial charge in [-0.05, 0) is 19.8 Å². The van der Waals surface area contributed by atoms with E-state index in [9.17, 15) is 9.90 Å². The van der Waals surface area contributed by atoms with E-state index in [0.29, 0.717) is 23.1 Å². The smallest absolute Gasteiger partial charge is 0.341 e. The molecule has 0 unspecified atom stereocenters. The molecular formula is C13H21N3O2. The molecule has 2 N–H and O–H groups in total. The average molecular weight is 251 g/mol. The highest BCUT2D eigenvalue weighted by molar-refractivity contribution is 5.94. The Labute approximate surface area is 107 Å². The minimum atomic E-state index is -0.906. The van der Waals surface area contributed by atoms with E-state index in [1.165, 1.54) is 25.7 Å². The van der Waals surface area contributed by atoms with Crippen molar-refractivity contribution in [2.45, 2.75) is 51.5 Å². The summed E-state index contributed by atoms with van der Waals surface area (Å²) in [6, 6.07) is 0.375. The van der Waals surface area contributed by atoms with E-state index >= 15 is 0 Å². The predicted octanol–water partition coefficient (Wildman–Crippen LogP) is 2.56. The number of hydrogen-bond acceptors (Lipinski definition) is 3. The number of aromatic nitrogens is 2. The molecule has 0 aliphatic heterocycles. The Kier molecular flexibility index (Phi) is 3.89. The number of anilines is 1. The molecule has 5 heteroatoms. The van der Waals surface area contributed by atoms with Crippen LogP contribution in [0.15, 0.2) is 0 Å². The van der Waals surface area contributed by atoms with E-state index < -0.39 is 5.97 Å². The molecule has 0 aromatic carbocycles. The van der Waals surface area contributed by atoms with Crippen LogP contribution < -0.4 is 5.32 Å². The van der Waals surface area contributed by atoms with Crippen molar-refractivity contribution in [3.63, 3.8) is 0 Å². The first kappa shape index (κ1) is 12.9. The number of nitrogens with zero attached hydrogens (tertiary/aromatic N) is 2. The molecule has 2 rings (SSSR count). The van der Waals surface area contributed by atoms with Crippen molar-refractivity contribution in [1.29, 1.82) is 0 Å². The maximum atomic E-state index is 11.3. The zero-order valence-corrected chi connectivity index (χ0v) is 11.1. The SMILES string of the molecule is Cc1nn(C)c(NC2CCCCCC2)c1C(=O)O. The number of carboxylic acid groups (broad SMARTS) is 1. The molecule has 1 fully saturated rings. The maximum absolute atomic E-state index is 11.3. The first-order chi connectivity index (χ1) is 8.59. The van der Waals surface area contributed by atoms with E-state index in [1.54, 1.807) is 18.7 Å². The second kappa shape index (κ2) is 5.42. The van der Waals surface area contributed by atoms with E-state index in [-0.39, 0.29) is 0 Å². The molecule has 0 saturated heterocycles. The molecule has 1 aromatic heterocycles. The van der Waals surface area contributed by atoms with Crippen LogP contribution in [0.4, 0.5) is 5.82 Å². The maximum Gasteiger partial charge on any atom is 0.341 e. The lowest BCUT2D eigenvalue weighted by atomic mass is 10.1. The van der Waals surface area contributed by atoms with Gasteiger partial charge in [-0.3, -0.25) is 4.68 Å². The molecule has 0 amide bonds. The van der Waals surface area contributed by atoms with E-state index in [2.05, 4.69) is 10.4 Å².